The van der Waals surface area contributed by atoms with E-state index >= 15 is 0 Å². The first kappa shape index (κ1) is 16.0. The average molecular weight is 324 g/mol. The predicted octanol–water partition coefficient (Wildman–Crippen LogP) is 3.15. The first-order valence-corrected chi connectivity index (χ1v) is 7.60. The minimum Gasteiger partial charge on any atom is -0.462 e. The van der Waals surface area contributed by atoms with Gasteiger partial charge in [0.2, 0.25) is 0 Å². The van der Waals surface area contributed by atoms with Crippen LogP contribution >= 0.6 is 0 Å². The van der Waals surface area contributed by atoms with Crippen LogP contribution in [-0.4, -0.2) is 35.1 Å². The second-order valence-electron chi connectivity index (χ2n) is 7.76. The van der Waals surface area contributed by atoms with E-state index in [1.807, 2.05) is 0 Å². The van der Waals surface area contributed by atoms with Crippen LogP contribution in [0.1, 0.15) is 45.4 Å². The molecular formula is C15H20F4O3. The van der Waals surface area contributed by atoms with Gasteiger partial charge in [-0.25, -0.2) is 9.18 Å². The van der Waals surface area contributed by atoms with Crippen molar-refractivity contribution in [1.29, 1.82) is 0 Å². The van der Waals surface area contributed by atoms with Gasteiger partial charge in [0.05, 0.1) is 12.2 Å². The van der Waals surface area contributed by atoms with Crippen LogP contribution < -0.4 is 0 Å². The average Bonchev–Trinajstić information content (AvgIpc) is 2.31. The summed E-state index contributed by atoms with van der Waals surface area (Å²) in [6.45, 7) is -0.0563. The molecule has 0 aromatic heterocycles. The second kappa shape index (κ2) is 4.58. The molecule has 7 heteroatoms. The van der Waals surface area contributed by atoms with E-state index < -0.39 is 28.8 Å². The normalized spacial score (nSPS) is 43.0. The molecule has 4 saturated carbocycles. The Morgan fingerprint density at radius 1 is 1.18 bits per heavy atom. The van der Waals surface area contributed by atoms with Crippen molar-refractivity contribution >= 4 is 5.97 Å². The third kappa shape index (κ3) is 2.51. The van der Waals surface area contributed by atoms with Crippen molar-refractivity contribution < 1.29 is 32.2 Å². The van der Waals surface area contributed by atoms with Crippen LogP contribution in [0.4, 0.5) is 17.6 Å². The molecule has 3 nitrogen and oxygen atoms in total. The molecule has 126 valence electrons. The Bertz CT molecular complexity index is 472. The Morgan fingerprint density at radius 3 is 2.18 bits per heavy atom. The monoisotopic (exact) mass is 324 g/mol. The van der Waals surface area contributed by atoms with Crippen LogP contribution in [0.25, 0.3) is 0 Å². The number of hydrogen-bond acceptors (Lipinski definition) is 3. The number of esters is 1. The van der Waals surface area contributed by atoms with Crippen LogP contribution in [0.5, 0.6) is 0 Å². The van der Waals surface area contributed by atoms with Gasteiger partial charge in [-0.2, -0.15) is 13.2 Å². The lowest BCUT2D eigenvalue weighted by atomic mass is 9.48. The number of carbonyl (C=O) groups excluding carboxylic acids is 1. The molecule has 0 aromatic carbocycles. The highest BCUT2D eigenvalue weighted by Gasteiger charge is 2.61. The smallest absolute Gasteiger partial charge is 0.433 e. The number of ether oxygens (including phenoxy) is 1. The topological polar surface area (TPSA) is 46.5 Å². The molecule has 0 amide bonds. The molecule has 4 aliphatic rings. The maximum absolute atomic E-state index is 13.6. The third-order valence-electron chi connectivity index (χ3n) is 5.58. The molecule has 4 rings (SSSR count). The van der Waals surface area contributed by atoms with Gasteiger partial charge in [-0.3, -0.25) is 0 Å². The Balaban J connectivity index is 1.68. The van der Waals surface area contributed by atoms with E-state index in [0.717, 1.165) is 19.3 Å². The van der Waals surface area contributed by atoms with E-state index in [1.165, 1.54) is 0 Å². The van der Waals surface area contributed by atoms with Gasteiger partial charge >= 0.3 is 12.1 Å². The van der Waals surface area contributed by atoms with Gasteiger partial charge in [-0.1, -0.05) is 0 Å². The van der Waals surface area contributed by atoms with Gasteiger partial charge < -0.3 is 9.84 Å². The molecule has 22 heavy (non-hydrogen) atoms. The van der Waals surface area contributed by atoms with Crippen LogP contribution in [0.15, 0.2) is 0 Å². The van der Waals surface area contributed by atoms with Gasteiger partial charge in [0.25, 0.3) is 5.67 Å². The zero-order chi connectivity index (χ0) is 16.4. The zero-order valence-electron chi connectivity index (χ0n) is 12.4. The van der Waals surface area contributed by atoms with Crippen LogP contribution in [0, 0.1) is 17.3 Å². The molecule has 4 fully saturated rings. The number of carbonyl (C=O) groups is 1. The number of hydrogen-bond donors (Lipinski definition) is 1. The summed E-state index contributed by atoms with van der Waals surface area (Å²) in [7, 11) is 0. The lowest BCUT2D eigenvalue weighted by Gasteiger charge is -2.59. The van der Waals surface area contributed by atoms with Gasteiger partial charge in [-0.05, 0) is 57.3 Å². The maximum Gasteiger partial charge on any atom is 0.433 e. The van der Waals surface area contributed by atoms with E-state index in [0.29, 0.717) is 31.1 Å². The molecule has 0 aliphatic heterocycles. The lowest BCUT2D eigenvalue weighted by Crippen LogP contribution is -2.57. The number of alkyl halides is 4. The first-order valence-electron chi connectivity index (χ1n) is 7.60. The predicted molar refractivity (Wildman–Crippen MR) is 68.6 cm³/mol. The summed E-state index contributed by atoms with van der Waals surface area (Å²) in [5.41, 5.74) is -5.28. The summed E-state index contributed by atoms with van der Waals surface area (Å²) in [4.78, 5) is 11.5. The molecule has 3 atom stereocenters. The summed E-state index contributed by atoms with van der Waals surface area (Å²) in [5, 5.41) is 10.5. The quantitative estimate of drug-likeness (QED) is 0.641. The van der Waals surface area contributed by atoms with Crippen LogP contribution in [-0.2, 0) is 9.53 Å². The SMILES string of the molecule is CC(F)(C(=O)OCC12CC3CC(CC(O)(C3)C1)C2)C(F)(F)F. The van der Waals surface area contributed by atoms with Crippen molar-refractivity contribution in [3.63, 3.8) is 0 Å². The molecule has 0 saturated heterocycles. The van der Waals surface area contributed by atoms with Crippen LogP contribution in [0.3, 0.4) is 0 Å². The Kier molecular flexibility index (Phi) is 3.34. The molecule has 3 unspecified atom stereocenters. The highest BCUT2D eigenvalue weighted by atomic mass is 19.4. The van der Waals surface area contributed by atoms with E-state index in [4.69, 9.17) is 4.74 Å². The zero-order valence-corrected chi connectivity index (χ0v) is 12.4. The molecule has 0 aromatic rings. The Hall–Kier alpha value is -0.850. The van der Waals surface area contributed by atoms with Crippen molar-refractivity contribution in [3.8, 4) is 0 Å². The van der Waals surface area contributed by atoms with E-state index in [1.54, 1.807) is 0 Å². The fourth-order valence-corrected chi connectivity index (χ4v) is 5.04. The molecule has 1 N–H and O–H groups in total. The summed E-state index contributed by atoms with van der Waals surface area (Å²) < 4.78 is 55.8. The molecular weight excluding hydrogens is 304 g/mol. The van der Waals surface area contributed by atoms with Gasteiger partial charge in [0.1, 0.15) is 0 Å². The third-order valence-corrected chi connectivity index (χ3v) is 5.58. The Morgan fingerprint density at radius 2 is 1.73 bits per heavy atom. The molecule has 4 aliphatic carbocycles. The largest absolute Gasteiger partial charge is 0.462 e. The number of rotatable bonds is 3. The summed E-state index contributed by atoms with van der Waals surface area (Å²) in [6.07, 6.45) is -0.964. The van der Waals surface area contributed by atoms with Crippen molar-refractivity contribution in [2.75, 3.05) is 6.61 Å². The summed E-state index contributed by atoms with van der Waals surface area (Å²) in [5.74, 6) is -1.24. The van der Waals surface area contributed by atoms with Crippen LogP contribution in [0.2, 0.25) is 0 Å². The molecule has 0 spiro atoms. The van der Waals surface area contributed by atoms with E-state index in [9.17, 15) is 27.5 Å². The number of aliphatic hydroxyl groups is 1. The number of halogens is 4. The first-order chi connectivity index (χ1) is 9.95. The minimum atomic E-state index is -5.29. The highest BCUT2D eigenvalue weighted by Crippen LogP contribution is 2.61. The maximum atomic E-state index is 13.6. The summed E-state index contributed by atoms with van der Waals surface area (Å²) >= 11 is 0. The van der Waals surface area contributed by atoms with Crippen molar-refractivity contribution in [2.45, 2.75) is 62.9 Å². The Labute approximate surface area is 126 Å². The van der Waals surface area contributed by atoms with E-state index in [2.05, 4.69) is 0 Å². The standard InChI is InChI=1S/C15H20F4O3/c1-12(16,15(17,18)19)11(20)22-8-13-3-9-2-10(4-13)6-14(21,5-9)7-13/h9-10,21H,2-8H2,1H3. The molecule has 0 heterocycles. The van der Waals surface area contributed by atoms with Gasteiger partial charge in [0, 0.05) is 5.41 Å². The van der Waals surface area contributed by atoms with Gasteiger partial charge in [-0.15, -0.1) is 0 Å². The second-order valence-corrected chi connectivity index (χ2v) is 7.76. The lowest BCUT2D eigenvalue weighted by molar-refractivity contribution is -0.239. The summed E-state index contributed by atoms with van der Waals surface area (Å²) in [6, 6.07) is 0. The fourth-order valence-electron chi connectivity index (χ4n) is 5.04. The molecule has 4 bridgehead atoms. The van der Waals surface area contributed by atoms with Crippen molar-refractivity contribution in [3.05, 3.63) is 0 Å². The van der Waals surface area contributed by atoms with Crippen molar-refractivity contribution in [2.24, 2.45) is 17.3 Å². The van der Waals surface area contributed by atoms with Gasteiger partial charge in [0.15, 0.2) is 0 Å². The fraction of sp³-hybridized carbons (Fsp3) is 0.933. The van der Waals surface area contributed by atoms with Crippen molar-refractivity contribution in [1.82, 2.24) is 0 Å². The molecule has 0 radical (unpaired) electrons. The highest BCUT2D eigenvalue weighted by molar-refractivity contribution is 5.80. The van der Waals surface area contributed by atoms with E-state index in [-0.39, 0.29) is 13.5 Å². The minimum absolute atomic E-state index is 0.183.